The van der Waals surface area contributed by atoms with E-state index in [1.165, 1.54) is 24.0 Å². The van der Waals surface area contributed by atoms with Crippen LogP contribution in [-0.2, 0) is 44.8 Å². The van der Waals surface area contributed by atoms with Gasteiger partial charge in [0.2, 0.25) is 47.3 Å². The minimum absolute atomic E-state index is 0.00271. The van der Waals surface area contributed by atoms with Crippen LogP contribution in [0.15, 0.2) is 24.3 Å². The summed E-state index contributed by atoms with van der Waals surface area (Å²) in [4.78, 5) is 111. The lowest BCUT2D eigenvalue weighted by Gasteiger charge is -2.32. The molecular weight excluding hydrogens is 748 g/mol. The van der Waals surface area contributed by atoms with Crippen molar-refractivity contribution >= 4 is 47.3 Å². The quantitative estimate of drug-likeness (QED) is 0.181. The molecule has 322 valence electrons. The lowest BCUT2D eigenvalue weighted by molar-refractivity contribution is -0.143. The van der Waals surface area contributed by atoms with Gasteiger partial charge in [-0.05, 0) is 74.0 Å². The van der Waals surface area contributed by atoms with Crippen molar-refractivity contribution in [2.24, 2.45) is 23.7 Å². The zero-order valence-electron chi connectivity index (χ0n) is 35.3. The van der Waals surface area contributed by atoms with Gasteiger partial charge in [0.1, 0.15) is 48.0 Å². The lowest BCUT2D eigenvalue weighted by Crippen LogP contribution is -2.61. The Balaban J connectivity index is 2.03. The molecule has 2 aliphatic heterocycles. The maximum absolute atomic E-state index is 14.0. The van der Waals surface area contributed by atoms with Crippen LogP contribution in [0.5, 0.6) is 5.75 Å². The smallest absolute Gasteiger partial charge is 0.246 e. The first-order chi connectivity index (χ1) is 27.2. The second-order valence-corrected chi connectivity index (χ2v) is 17.0. The molecule has 17 heteroatoms. The van der Waals surface area contributed by atoms with Crippen molar-refractivity contribution in [3.63, 3.8) is 0 Å². The molecule has 2 aliphatic rings. The average molecular weight is 813 g/mol. The van der Waals surface area contributed by atoms with E-state index in [2.05, 4.69) is 37.2 Å². The van der Waals surface area contributed by atoms with Gasteiger partial charge in [0, 0.05) is 13.0 Å². The number of carbonyl (C=O) groups excluding carboxylic acids is 8. The van der Waals surface area contributed by atoms with Crippen molar-refractivity contribution in [1.29, 1.82) is 0 Å². The Morgan fingerprint density at radius 3 is 1.69 bits per heavy atom. The van der Waals surface area contributed by atoms with E-state index in [4.69, 9.17) is 0 Å². The van der Waals surface area contributed by atoms with Crippen LogP contribution in [-0.4, -0.2) is 113 Å². The third kappa shape index (κ3) is 13.7. The standard InChI is InChI=1S/C41H64N8O9/c1-21(2)17-28-36(53)43-25(9)35(52)45-29(18-22(3)4)37(54)48-34(24(7)8)41(58)49-16-10-11-31(49)39(56)42-20-32(51)44-30(19-26-12-14-27(50)15-13-26)38(55)47-33(23(5)6)40(57)46-28/h12-15,21-25,28-31,33-34,50H,10-11,16-20H2,1-9H3,(H,42,56)(H,43,53)(H,44,51)(H,45,52)(H,46,57)(H,47,55)(H,48,54)/t25-,28-,29+,30-,31+,33-,34+/m0/s1. The summed E-state index contributed by atoms with van der Waals surface area (Å²) >= 11 is 0. The molecule has 3 rings (SSSR count). The third-order valence-corrected chi connectivity index (χ3v) is 10.2. The Bertz CT molecular complexity index is 1650. The predicted octanol–water partition coefficient (Wildman–Crippen LogP) is 0.388. The maximum atomic E-state index is 14.0. The largest absolute Gasteiger partial charge is 0.508 e. The van der Waals surface area contributed by atoms with Crippen molar-refractivity contribution in [1.82, 2.24) is 42.1 Å². The number of benzene rings is 1. The van der Waals surface area contributed by atoms with Crippen molar-refractivity contribution in [3.05, 3.63) is 29.8 Å². The van der Waals surface area contributed by atoms with E-state index in [0.717, 1.165) is 0 Å². The van der Waals surface area contributed by atoms with Gasteiger partial charge < -0.3 is 47.2 Å². The molecule has 7 atom stereocenters. The summed E-state index contributed by atoms with van der Waals surface area (Å²) in [7, 11) is 0. The van der Waals surface area contributed by atoms with Gasteiger partial charge in [0.05, 0.1) is 6.54 Å². The lowest BCUT2D eigenvalue weighted by atomic mass is 9.98. The fourth-order valence-corrected chi connectivity index (χ4v) is 6.99. The molecule has 2 fully saturated rings. The van der Waals surface area contributed by atoms with E-state index < -0.39 is 108 Å². The van der Waals surface area contributed by atoms with E-state index in [1.54, 1.807) is 39.8 Å². The molecule has 0 saturated carbocycles. The van der Waals surface area contributed by atoms with Gasteiger partial charge in [0.15, 0.2) is 0 Å². The molecule has 8 amide bonds. The van der Waals surface area contributed by atoms with Gasteiger partial charge in [0.25, 0.3) is 0 Å². The number of hydrogen-bond donors (Lipinski definition) is 8. The highest BCUT2D eigenvalue weighted by Gasteiger charge is 2.40. The highest BCUT2D eigenvalue weighted by atomic mass is 16.3. The fourth-order valence-electron chi connectivity index (χ4n) is 6.99. The molecule has 0 aliphatic carbocycles. The molecule has 8 N–H and O–H groups in total. The number of aromatic hydroxyl groups is 1. The molecular formula is C41H64N8O9. The number of nitrogens with zero attached hydrogens (tertiary/aromatic N) is 1. The molecule has 0 bridgehead atoms. The Morgan fingerprint density at radius 2 is 1.14 bits per heavy atom. The summed E-state index contributed by atoms with van der Waals surface area (Å²) in [6.07, 6.45) is 1.19. The first-order valence-electron chi connectivity index (χ1n) is 20.4. The van der Waals surface area contributed by atoms with Gasteiger partial charge in [-0.1, -0.05) is 67.5 Å². The average Bonchev–Trinajstić information content (AvgIpc) is 3.64. The second kappa shape index (κ2) is 21.5. The van der Waals surface area contributed by atoms with Gasteiger partial charge in [-0.3, -0.25) is 38.4 Å². The highest BCUT2D eigenvalue weighted by molar-refractivity contribution is 5.98. The minimum atomic E-state index is -1.23. The molecule has 0 aromatic heterocycles. The van der Waals surface area contributed by atoms with E-state index in [9.17, 15) is 43.5 Å². The second-order valence-electron chi connectivity index (χ2n) is 17.0. The van der Waals surface area contributed by atoms with E-state index in [0.29, 0.717) is 18.4 Å². The van der Waals surface area contributed by atoms with Crippen LogP contribution in [0, 0.1) is 23.7 Å². The zero-order chi connectivity index (χ0) is 43.4. The fraction of sp³-hybridized carbons (Fsp3) is 0.659. The van der Waals surface area contributed by atoms with Crippen LogP contribution < -0.4 is 37.2 Å². The van der Waals surface area contributed by atoms with Gasteiger partial charge >= 0.3 is 0 Å². The number of phenolic OH excluding ortho intramolecular Hbond substituents is 1. The van der Waals surface area contributed by atoms with Crippen molar-refractivity contribution in [2.45, 2.75) is 137 Å². The molecule has 1 aromatic rings. The topological polar surface area (TPSA) is 244 Å². The van der Waals surface area contributed by atoms with Crippen LogP contribution in [0.3, 0.4) is 0 Å². The molecule has 2 heterocycles. The summed E-state index contributed by atoms with van der Waals surface area (Å²) in [5.41, 5.74) is 0.579. The first kappa shape index (κ1) is 47.2. The van der Waals surface area contributed by atoms with Crippen LogP contribution in [0.4, 0.5) is 0 Å². The Morgan fingerprint density at radius 1 is 0.621 bits per heavy atom. The molecule has 1 aromatic carbocycles. The Hall–Kier alpha value is -5.22. The number of phenols is 1. The molecule has 2 saturated heterocycles. The summed E-state index contributed by atoms with van der Waals surface area (Å²) in [5, 5.41) is 28.7. The van der Waals surface area contributed by atoms with Gasteiger partial charge in [-0.15, -0.1) is 0 Å². The number of hydrogen-bond acceptors (Lipinski definition) is 9. The monoisotopic (exact) mass is 812 g/mol. The van der Waals surface area contributed by atoms with Crippen molar-refractivity contribution < 1.29 is 43.5 Å². The molecule has 0 radical (unpaired) electrons. The van der Waals surface area contributed by atoms with E-state index in [-0.39, 0.29) is 43.4 Å². The van der Waals surface area contributed by atoms with E-state index in [1.807, 2.05) is 27.7 Å². The van der Waals surface area contributed by atoms with Crippen LogP contribution in [0.25, 0.3) is 0 Å². The SMILES string of the molecule is CC(C)C[C@@H]1NC(=O)[C@H](C(C)C)NC(=O)[C@H](Cc2ccc(O)cc2)NC(=O)CNC(=O)[C@H]2CCCN2C(=O)[C@@H](C(C)C)NC(=O)[C@@H](CC(C)C)NC(=O)[C@H](C)NC1=O. The number of carbonyl (C=O) groups is 8. The Labute approximate surface area is 341 Å². The molecule has 17 nitrogen and oxygen atoms in total. The predicted molar refractivity (Wildman–Crippen MR) is 215 cm³/mol. The highest BCUT2D eigenvalue weighted by Crippen LogP contribution is 2.21. The number of nitrogens with one attached hydrogen (secondary N) is 7. The number of fused-ring (bicyclic) bond motifs is 1. The first-order valence-corrected chi connectivity index (χ1v) is 20.4. The molecule has 58 heavy (non-hydrogen) atoms. The number of amides is 8. The van der Waals surface area contributed by atoms with Gasteiger partial charge in [-0.2, -0.15) is 0 Å². The van der Waals surface area contributed by atoms with Crippen LogP contribution >= 0.6 is 0 Å². The molecule has 0 unspecified atom stereocenters. The summed E-state index contributed by atoms with van der Waals surface area (Å²) < 4.78 is 0. The zero-order valence-corrected chi connectivity index (χ0v) is 35.3. The Kier molecular flexibility index (Phi) is 17.5. The maximum Gasteiger partial charge on any atom is 0.246 e. The van der Waals surface area contributed by atoms with Gasteiger partial charge in [-0.25, -0.2) is 0 Å². The van der Waals surface area contributed by atoms with Crippen molar-refractivity contribution in [2.75, 3.05) is 13.1 Å². The summed E-state index contributed by atoms with van der Waals surface area (Å²) in [5.74, 6) is -6.08. The number of rotatable bonds is 8. The molecule has 0 spiro atoms. The van der Waals surface area contributed by atoms with Crippen LogP contribution in [0.2, 0.25) is 0 Å². The minimum Gasteiger partial charge on any atom is -0.508 e. The summed E-state index contributed by atoms with van der Waals surface area (Å²) in [6, 6.07) is -1.67. The third-order valence-electron chi connectivity index (χ3n) is 10.2. The van der Waals surface area contributed by atoms with Crippen molar-refractivity contribution in [3.8, 4) is 5.75 Å². The van der Waals surface area contributed by atoms with E-state index >= 15 is 0 Å². The normalized spacial score (nSPS) is 26.6. The van der Waals surface area contributed by atoms with Crippen LogP contribution in [0.1, 0.15) is 93.6 Å². The summed E-state index contributed by atoms with van der Waals surface area (Å²) in [6.45, 7) is 15.5.